The van der Waals surface area contributed by atoms with Crippen molar-refractivity contribution in [2.24, 2.45) is 0 Å². The second kappa shape index (κ2) is 8.16. The van der Waals surface area contributed by atoms with Gasteiger partial charge in [0.05, 0.1) is 23.2 Å². The van der Waals surface area contributed by atoms with Crippen molar-refractivity contribution in [1.29, 1.82) is 5.26 Å². The fourth-order valence-electron chi connectivity index (χ4n) is 3.47. The standard InChI is InChI=1S/C20H15F3N6O2/c21-20(22,23)15-3-1-12(2-4-15)17-16(8-24)29(6-5-26-17)19(30)14-7-13(9-25-10-14)18-27-11-31-28-18/h1-4,7,9-11,16-17,26H,5-6H2. The summed E-state index contributed by atoms with van der Waals surface area (Å²) >= 11 is 0. The maximum Gasteiger partial charge on any atom is 0.416 e. The number of nitriles is 1. The van der Waals surface area contributed by atoms with Gasteiger partial charge in [-0.2, -0.15) is 23.4 Å². The predicted molar refractivity (Wildman–Crippen MR) is 100 cm³/mol. The third-order valence-electron chi connectivity index (χ3n) is 4.96. The van der Waals surface area contributed by atoms with E-state index in [-0.39, 0.29) is 17.9 Å². The zero-order valence-electron chi connectivity index (χ0n) is 15.9. The number of piperazine rings is 1. The molecule has 3 aromatic rings. The quantitative estimate of drug-likeness (QED) is 0.683. The summed E-state index contributed by atoms with van der Waals surface area (Å²) in [4.78, 5) is 22.5. The molecule has 1 aromatic carbocycles. The Morgan fingerprint density at radius 2 is 2.03 bits per heavy atom. The summed E-state index contributed by atoms with van der Waals surface area (Å²) in [6.07, 6.45) is -0.450. The molecule has 2 unspecified atom stereocenters. The van der Waals surface area contributed by atoms with Gasteiger partial charge in [-0.1, -0.05) is 17.3 Å². The predicted octanol–water partition coefficient (Wildman–Crippen LogP) is 2.83. The largest absolute Gasteiger partial charge is 0.416 e. The number of nitrogens with one attached hydrogen (secondary N) is 1. The van der Waals surface area contributed by atoms with Crippen molar-refractivity contribution in [2.45, 2.75) is 18.3 Å². The van der Waals surface area contributed by atoms with Crippen LogP contribution in [0.5, 0.6) is 0 Å². The maximum absolute atomic E-state index is 13.1. The van der Waals surface area contributed by atoms with Crippen LogP contribution in [0.1, 0.15) is 27.5 Å². The fraction of sp³-hybridized carbons (Fsp3) is 0.250. The van der Waals surface area contributed by atoms with Crippen molar-refractivity contribution in [3.05, 3.63) is 65.8 Å². The first-order valence-electron chi connectivity index (χ1n) is 9.21. The van der Waals surface area contributed by atoms with E-state index in [0.717, 1.165) is 18.5 Å². The molecule has 0 radical (unpaired) electrons. The van der Waals surface area contributed by atoms with Crippen LogP contribution < -0.4 is 5.32 Å². The Morgan fingerprint density at radius 3 is 2.68 bits per heavy atom. The number of pyridine rings is 1. The van der Waals surface area contributed by atoms with E-state index in [4.69, 9.17) is 4.52 Å². The van der Waals surface area contributed by atoms with Crippen molar-refractivity contribution < 1.29 is 22.5 Å². The monoisotopic (exact) mass is 428 g/mol. The molecule has 2 atom stereocenters. The molecule has 0 spiro atoms. The van der Waals surface area contributed by atoms with Crippen LogP contribution in [0, 0.1) is 11.3 Å². The van der Waals surface area contributed by atoms with Crippen LogP contribution in [0.15, 0.2) is 53.6 Å². The molecule has 0 saturated carbocycles. The van der Waals surface area contributed by atoms with E-state index in [1.807, 2.05) is 0 Å². The molecule has 3 heterocycles. The first-order valence-corrected chi connectivity index (χ1v) is 9.21. The average molecular weight is 428 g/mol. The molecule has 1 aliphatic heterocycles. The summed E-state index contributed by atoms with van der Waals surface area (Å²) in [5.41, 5.74) is 0.409. The van der Waals surface area contributed by atoms with Gasteiger partial charge in [-0.05, 0) is 23.8 Å². The summed E-state index contributed by atoms with van der Waals surface area (Å²) in [5, 5.41) is 16.6. The second-order valence-electron chi connectivity index (χ2n) is 6.84. The zero-order valence-corrected chi connectivity index (χ0v) is 15.9. The molecule has 2 aromatic heterocycles. The van der Waals surface area contributed by atoms with E-state index in [1.165, 1.54) is 29.4 Å². The molecule has 158 valence electrons. The van der Waals surface area contributed by atoms with E-state index in [0.29, 0.717) is 17.7 Å². The molecule has 1 saturated heterocycles. The third kappa shape index (κ3) is 4.10. The lowest BCUT2D eigenvalue weighted by Crippen LogP contribution is -2.54. The van der Waals surface area contributed by atoms with Crippen LogP contribution in [0.25, 0.3) is 11.4 Å². The highest BCUT2D eigenvalue weighted by molar-refractivity contribution is 5.95. The second-order valence-corrected chi connectivity index (χ2v) is 6.84. The number of aromatic nitrogens is 3. The van der Waals surface area contributed by atoms with Crippen molar-refractivity contribution >= 4 is 5.91 Å². The lowest BCUT2D eigenvalue weighted by atomic mass is 9.95. The first kappa shape index (κ1) is 20.5. The van der Waals surface area contributed by atoms with Gasteiger partial charge >= 0.3 is 6.18 Å². The highest BCUT2D eigenvalue weighted by atomic mass is 19.4. The van der Waals surface area contributed by atoms with Crippen molar-refractivity contribution in [1.82, 2.24) is 25.3 Å². The molecule has 1 aliphatic rings. The first-order chi connectivity index (χ1) is 14.9. The van der Waals surface area contributed by atoms with Gasteiger partial charge in [0.2, 0.25) is 12.2 Å². The minimum atomic E-state index is -4.45. The van der Waals surface area contributed by atoms with Gasteiger partial charge < -0.3 is 14.7 Å². The Morgan fingerprint density at radius 1 is 1.26 bits per heavy atom. The lowest BCUT2D eigenvalue weighted by molar-refractivity contribution is -0.137. The number of alkyl halides is 3. The minimum absolute atomic E-state index is 0.232. The average Bonchev–Trinajstić information content (AvgIpc) is 3.33. The van der Waals surface area contributed by atoms with Crippen molar-refractivity contribution in [3.8, 4) is 17.5 Å². The van der Waals surface area contributed by atoms with Crippen LogP contribution in [-0.2, 0) is 6.18 Å². The van der Waals surface area contributed by atoms with Crippen LogP contribution in [0.2, 0.25) is 0 Å². The number of halogens is 3. The van der Waals surface area contributed by atoms with Crippen molar-refractivity contribution in [2.75, 3.05) is 13.1 Å². The number of benzene rings is 1. The zero-order chi connectivity index (χ0) is 22.0. The van der Waals surface area contributed by atoms with E-state index < -0.39 is 29.7 Å². The normalized spacial score (nSPS) is 19.1. The number of hydrogen-bond acceptors (Lipinski definition) is 7. The maximum atomic E-state index is 13.1. The van der Waals surface area contributed by atoms with Gasteiger partial charge in [-0.3, -0.25) is 9.78 Å². The molecule has 11 heteroatoms. The van der Waals surface area contributed by atoms with Crippen LogP contribution in [-0.4, -0.2) is 45.1 Å². The summed E-state index contributed by atoms with van der Waals surface area (Å²) in [6, 6.07) is 6.64. The number of nitrogens with zero attached hydrogens (tertiary/aromatic N) is 5. The summed E-state index contributed by atoms with van der Waals surface area (Å²) in [6.45, 7) is 0.619. The van der Waals surface area contributed by atoms with Gasteiger partial charge in [0.1, 0.15) is 6.04 Å². The number of amides is 1. The number of hydrogen-bond donors (Lipinski definition) is 1. The molecular weight excluding hydrogens is 413 g/mol. The SMILES string of the molecule is N#CC1C(c2ccc(C(F)(F)F)cc2)NCCN1C(=O)c1cncc(-c2ncon2)c1. The molecule has 31 heavy (non-hydrogen) atoms. The van der Waals surface area contributed by atoms with Crippen LogP contribution >= 0.6 is 0 Å². The van der Waals surface area contributed by atoms with Crippen LogP contribution in [0.4, 0.5) is 13.2 Å². The Labute approximate surface area is 174 Å². The molecule has 0 bridgehead atoms. The number of carbonyl (C=O) groups is 1. The summed E-state index contributed by atoms with van der Waals surface area (Å²) in [5.74, 6) is -0.162. The van der Waals surface area contributed by atoms with Gasteiger partial charge in [-0.25, -0.2) is 0 Å². The Hall–Kier alpha value is -3.78. The highest BCUT2D eigenvalue weighted by Gasteiger charge is 2.37. The molecule has 1 N–H and O–H groups in total. The molecule has 1 fully saturated rings. The molecule has 1 amide bonds. The third-order valence-corrected chi connectivity index (χ3v) is 4.96. The van der Waals surface area contributed by atoms with E-state index in [1.54, 1.807) is 6.07 Å². The van der Waals surface area contributed by atoms with E-state index in [9.17, 15) is 23.2 Å². The number of carbonyl (C=O) groups excluding carboxylic acids is 1. The van der Waals surface area contributed by atoms with E-state index in [2.05, 4.69) is 26.5 Å². The van der Waals surface area contributed by atoms with Crippen LogP contribution in [0.3, 0.4) is 0 Å². The van der Waals surface area contributed by atoms with Gasteiger partial charge in [0.15, 0.2) is 0 Å². The Bertz CT molecular complexity index is 1110. The molecule has 8 nitrogen and oxygen atoms in total. The van der Waals surface area contributed by atoms with Gasteiger partial charge in [-0.15, -0.1) is 0 Å². The fourth-order valence-corrected chi connectivity index (χ4v) is 3.47. The summed E-state index contributed by atoms with van der Waals surface area (Å²) < 4.78 is 43.3. The Kier molecular flexibility index (Phi) is 5.39. The minimum Gasteiger partial charge on any atom is -0.342 e. The highest BCUT2D eigenvalue weighted by Crippen LogP contribution is 2.32. The smallest absolute Gasteiger partial charge is 0.342 e. The Balaban J connectivity index is 1.60. The van der Waals surface area contributed by atoms with Crippen molar-refractivity contribution in [3.63, 3.8) is 0 Å². The van der Waals surface area contributed by atoms with Gasteiger partial charge in [0, 0.05) is 31.0 Å². The lowest BCUT2D eigenvalue weighted by Gasteiger charge is -2.38. The molecule has 4 rings (SSSR count). The molecule has 0 aliphatic carbocycles. The number of rotatable bonds is 3. The topological polar surface area (TPSA) is 108 Å². The summed E-state index contributed by atoms with van der Waals surface area (Å²) in [7, 11) is 0. The van der Waals surface area contributed by atoms with E-state index >= 15 is 0 Å². The molecular formula is C20H15F3N6O2. The van der Waals surface area contributed by atoms with Gasteiger partial charge in [0.25, 0.3) is 5.91 Å².